The first kappa shape index (κ1) is 18.2. The molecule has 4 nitrogen and oxygen atoms in total. The van der Waals surface area contributed by atoms with Crippen molar-refractivity contribution in [2.24, 2.45) is 5.92 Å². The minimum atomic E-state index is -0.531. The summed E-state index contributed by atoms with van der Waals surface area (Å²) in [5.74, 6) is -0.471. The van der Waals surface area contributed by atoms with Gasteiger partial charge in [0, 0.05) is 5.92 Å². The van der Waals surface area contributed by atoms with Crippen LogP contribution in [0.15, 0.2) is 72.8 Å². The normalized spacial score (nSPS) is 17.5. The number of benzene rings is 3. The Morgan fingerprint density at radius 1 is 1.00 bits per heavy atom. The van der Waals surface area contributed by atoms with Crippen LogP contribution < -0.4 is 0 Å². The fourth-order valence-electron chi connectivity index (χ4n) is 3.81. The first-order chi connectivity index (χ1) is 13.6. The number of ether oxygens (including phenoxy) is 1. The number of nitrogens with zero attached hydrogens (tertiary/aromatic N) is 1. The molecule has 4 rings (SSSR count). The van der Waals surface area contributed by atoms with E-state index in [1.165, 1.54) is 10.3 Å². The highest BCUT2D eigenvalue weighted by Gasteiger charge is 2.39. The molecule has 2 amide bonds. The average molecular weight is 373 g/mol. The Hall–Kier alpha value is -3.14. The third kappa shape index (κ3) is 3.77. The maximum atomic E-state index is 13.0. The van der Waals surface area contributed by atoms with Crippen LogP contribution in [0, 0.1) is 5.92 Å². The maximum Gasteiger partial charge on any atom is 0.416 e. The molecule has 4 heteroatoms. The maximum absolute atomic E-state index is 13.0. The van der Waals surface area contributed by atoms with Gasteiger partial charge in [0.15, 0.2) is 0 Å². The van der Waals surface area contributed by atoms with Gasteiger partial charge in [-0.25, -0.2) is 9.69 Å². The first-order valence-corrected chi connectivity index (χ1v) is 9.63. The fourth-order valence-corrected chi connectivity index (χ4v) is 3.81. The summed E-state index contributed by atoms with van der Waals surface area (Å²) in [6, 6.07) is 24.0. The number of hydrogen-bond acceptors (Lipinski definition) is 3. The Labute approximate surface area is 164 Å². The van der Waals surface area contributed by atoms with E-state index in [9.17, 15) is 9.59 Å². The van der Waals surface area contributed by atoms with E-state index in [4.69, 9.17) is 4.74 Å². The van der Waals surface area contributed by atoms with Crippen LogP contribution in [-0.4, -0.2) is 29.5 Å². The number of imide groups is 1. The van der Waals surface area contributed by atoms with Crippen LogP contribution in [-0.2, 0) is 22.4 Å². The van der Waals surface area contributed by atoms with Crippen molar-refractivity contribution in [2.75, 3.05) is 6.61 Å². The third-order valence-electron chi connectivity index (χ3n) is 5.29. The van der Waals surface area contributed by atoms with Gasteiger partial charge in [-0.15, -0.1) is 0 Å². The Morgan fingerprint density at radius 2 is 1.71 bits per heavy atom. The molecule has 28 heavy (non-hydrogen) atoms. The summed E-state index contributed by atoms with van der Waals surface area (Å²) in [5, 5.41) is 2.33. The molecule has 2 atom stereocenters. The molecule has 0 spiro atoms. The minimum absolute atomic E-state index is 0.170. The smallest absolute Gasteiger partial charge is 0.416 e. The highest BCUT2D eigenvalue weighted by molar-refractivity contribution is 5.95. The molecule has 0 aromatic heterocycles. The van der Waals surface area contributed by atoms with Crippen LogP contribution in [0.3, 0.4) is 0 Å². The molecule has 3 aromatic rings. The van der Waals surface area contributed by atoms with Crippen molar-refractivity contribution in [1.29, 1.82) is 0 Å². The molecule has 1 heterocycles. The standard InChI is InChI=1S/C24H23NO3/c1-17(13-19-11-12-20-9-5-6-10-21(20)14-19)23(26)25-22(16-28-24(25)27)15-18-7-3-2-4-8-18/h2-12,14,17,22H,13,15-16H2,1H3/t17-,22+/m1/s1. The second kappa shape index (κ2) is 7.85. The van der Waals surface area contributed by atoms with Gasteiger partial charge in [-0.3, -0.25) is 4.79 Å². The first-order valence-electron chi connectivity index (χ1n) is 9.63. The second-order valence-electron chi connectivity index (χ2n) is 7.42. The van der Waals surface area contributed by atoms with Crippen LogP contribution >= 0.6 is 0 Å². The summed E-state index contributed by atoms with van der Waals surface area (Å²) in [6.07, 6.45) is 0.670. The van der Waals surface area contributed by atoms with Gasteiger partial charge in [0.2, 0.25) is 5.91 Å². The van der Waals surface area contributed by atoms with Crippen molar-refractivity contribution in [3.8, 4) is 0 Å². The number of hydrogen-bond donors (Lipinski definition) is 0. The molecule has 0 N–H and O–H groups in total. The van der Waals surface area contributed by atoms with Gasteiger partial charge in [0.05, 0.1) is 6.04 Å². The molecular weight excluding hydrogens is 350 g/mol. The van der Waals surface area contributed by atoms with E-state index >= 15 is 0 Å². The highest BCUT2D eigenvalue weighted by atomic mass is 16.6. The average Bonchev–Trinajstić information content (AvgIpc) is 3.08. The van der Waals surface area contributed by atoms with E-state index < -0.39 is 6.09 Å². The summed E-state index contributed by atoms with van der Waals surface area (Å²) >= 11 is 0. The predicted octanol–water partition coefficient (Wildman–Crippen LogP) is 4.61. The summed E-state index contributed by atoms with van der Waals surface area (Å²) in [6.45, 7) is 2.13. The topological polar surface area (TPSA) is 46.6 Å². The molecule has 142 valence electrons. The number of cyclic esters (lactones) is 1. The zero-order valence-electron chi connectivity index (χ0n) is 15.9. The number of rotatable bonds is 5. The van der Waals surface area contributed by atoms with Crippen LogP contribution in [0.1, 0.15) is 18.1 Å². The monoisotopic (exact) mass is 373 g/mol. The zero-order valence-corrected chi connectivity index (χ0v) is 15.9. The van der Waals surface area contributed by atoms with E-state index in [0.29, 0.717) is 12.8 Å². The lowest BCUT2D eigenvalue weighted by Gasteiger charge is -2.23. The predicted molar refractivity (Wildman–Crippen MR) is 109 cm³/mol. The third-order valence-corrected chi connectivity index (χ3v) is 5.29. The molecule has 0 saturated carbocycles. The van der Waals surface area contributed by atoms with Crippen LogP contribution in [0.5, 0.6) is 0 Å². The lowest BCUT2D eigenvalue weighted by atomic mass is 9.96. The molecule has 0 aliphatic carbocycles. The molecule has 3 aromatic carbocycles. The number of carbonyl (C=O) groups excluding carboxylic acids is 2. The summed E-state index contributed by atoms with van der Waals surface area (Å²) in [4.78, 5) is 26.6. The van der Waals surface area contributed by atoms with Gasteiger partial charge in [0.25, 0.3) is 0 Å². The van der Waals surface area contributed by atoms with E-state index in [1.807, 2.05) is 49.4 Å². The van der Waals surface area contributed by atoms with Crippen molar-refractivity contribution < 1.29 is 14.3 Å². The Kier molecular flexibility index (Phi) is 5.11. The summed E-state index contributed by atoms with van der Waals surface area (Å²) in [5.41, 5.74) is 2.18. The van der Waals surface area contributed by atoms with Gasteiger partial charge >= 0.3 is 6.09 Å². The van der Waals surface area contributed by atoms with Crippen LogP contribution in [0.25, 0.3) is 10.8 Å². The Bertz CT molecular complexity index is 999. The quantitative estimate of drug-likeness (QED) is 0.656. The van der Waals surface area contributed by atoms with E-state index in [2.05, 4.69) is 30.3 Å². The van der Waals surface area contributed by atoms with E-state index in [1.54, 1.807) is 0 Å². The molecule has 0 unspecified atom stereocenters. The van der Waals surface area contributed by atoms with Crippen molar-refractivity contribution >= 4 is 22.8 Å². The van der Waals surface area contributed by atoms with Crippen LogP contribution in [0.4, 0.5) is 4.79 Å². The van der Waals surface area contributed by atoms with Gasteiger partial charge in [-0.05, 0) is 34.7 Å². The fraction of sp³-hybridized carbons (Fsp3) is 0.250. The zero-order chi connectivity index (χ0) is 19.5. The van der Waals surface area contributed by atoms with Crippen molar-refractivity contribution in [1.82, 2.24) is 4.90 Å². The van der Waals surface area contributed by atoms with Crippen LogP contribution in [0.2, 0.25) is 0 Å². The SMILES string of the molecule is C[C@H](Cc1ccc2ccccc2c1)C(=O)N1C(=O)OC[C@@H]1Cc1ccccc1. The largest absolute Gasteiger partial charge is 0.447 e. The van der Waals surface area contributed by atoms with E-state index in [0.717, 1.165) is 16.5 Å². The van der Waals surface area contributed by atoms with Crippen molar-refractivity contribution in [3.05, 3.63) is 83.9 Å². The van der Waals surface area contributed by atoms with Crippen molar-refractivity contribution in [3.63, 3.8) is 0 Å². The molecule has 0 radical (unpaired) electrons. The Morgan fingerprint density at radius 3 is 2.50 bits per heavy atom. The summed E-state index contributed by atoms with van der Waals surface area (Å²) in [7, 11) is 0. The summed E-state index contributed by atoms with van der Waals surface area (Å²) < 4.78 is 5.20. The molecule has 1 saturated heterocycles. The lowest BCUT2D eigenvalue weighted by Crippen LogP contribution is -2.43. The van der Waals surface area contributed by atoms with E-state index in [-0.39, 0.29) is 24.5 Å². The lowest BCUT2D eigenvalue weighted by molar-refractivity contribution is -0.132. The molecule has 1 aliphatic rings. The Balaban J connectivity index is 1.48. The second-order valence-corrected chi connectivity index (χ2v) is 7.42. The number of fused-ring (bicyclic) bond motifs is 1. The molecule has 1 fully saturated rings. The molecular formula is C24H23NO3. The van der Waals surface area contributed by atoms with Gasteiger partial charge in [-0.2, -0.15) is 0 Å². The molecule has 1 aliphatic heterocycles. The minimum Gasteiger partial charge on any atom is -0.447 e. The molecule has 0 bridgehead atoms. The number of amides is 2. The van der Waals surface area contributed by atoms with Gasteiger partial charge in [0.1, 0.15) is 6.61 Å². The van der Waals surface area contributed by atoms with Gasteiger partial charge in [-0.1, -0.05) is 79.7 Å². The van der Waals surface area contributed by atoms with Crippen molar-refractivity contribution in [2.45, 2.75) is 25.8 Å². The van der Waals surface area contributed by atoms with Gasteiger partial charge < -0.3 is 4.74 Å². The highest BCUT2D eigenvalue weighted by Crippen LogP contribution is 2.23. The number of carbonyl (C=O) groups is 2.